The summed E-state index contributed by atoms with van der Waals surface area (Å²) in [4.78, 5) is 54.0. The summed E-state index contributed by atoms with van der Waals surface area (Å²) in [6, 6.07) is 13.4. The van der Waals surface area contributed by atoms with E-state index in [2.05, 4.69) is 22.9 Å². The van der Waals surface area contributed by atoms with E-state index in [9.17, 15) is 19.2 Å². The Labute approximate surface area is 204 Å². The second-order valence-electron chi connectivity index (χ2n) is 9.09. The molecule has 2 atom stereocenters. The third-order valence-corrected chi connectivity index (χ3v) is 6.45. The monoisotopic (exact) mass is 477 g/mol. The average Bonchev–Trinajstić information content (AvgIpc) is 2.82. The van der Waals surface area contributed by atoms with E-state index >= 15 is 0 Å². The Bertz CT molecular complexity index is 1120. The van der Waals surface area contributed by atoms with Crippen molar-refractivity contribution < 1.29 is 19.2 Å². The maximum Gasteiger partial charge on any atom is 0.247 e. The number of fused-ring (bicyclic) bond motifs is 1. The van der Waals surface area contributed by atoms with Gasteiger partial charge in [-0.1, -0.05) is 12.1 Å². The molecule has 9 heteroatoms. The van der Waals surface area contributed by atoms with Gasteiger partial charge in [-0.2, -0.15) is 0 Å². The number of hydrogen-bond donors (Lipinski definition) is 3. The van der Waals surface area contributed by atoms with Gasteiger partial charge >= 0.3 is 0 Å². The van der Waals surface area contributed by atoms with Crippen LogP contribution in [0.25, 0.3) is 0 Å². The van der Waals surface area contributed by atoms with E-state index in [0.717, 1.165) is 24.9 Å². The number of nitrogens with zero attached hydrogens (tertiary/aromatic N) is 2. The van der Waals surface area contributed by atoms with Crippen LogP contribution in [0, 0.1) is 0 Å². The molecule has 1 saturated heterocycles. The van der Waals surface area contributed by atoms with Gasteiger partial charge in [0.05, 0.1) is 24.3 Å². The molecule has 2 aliphatic rings. The van der Waals surface area contributed by atoms with Crippen LogP contribution < -0.4 is 20.9 Å². The van der Waals surface area contributed by atoms with Gasteiger partial charge in [-0.25, -0.2) is 0 Å². The number of piperidine rings is 1. The minimum Gasteiger partial charge on any atom is -0.348 e. The standard InChI is InChI=1S/C26H31N5O4/c1-17-7-5-6-14-30(17)25(34)16-31-22-9-4-3-8-21(22)29-26(35)23(31)15-24(33)28-20-12-10-19(11-13-20)27-18(2)32/h3-4,8-13,17,23H,5-7,14-16H2,1-2H3,(H,27,32)(H,28,33)(H,29,35)/t17-,23+/m0/s1. The van der Waals surface area contributed by atoms with E-state index in [1.54, 1.807) is 35.2 Å². The van der Waals surface area contributed by atoms with Gasteiger partial charge < -0.3 is 25.8 Å². The molecule has 1 fully saturated rings. The molecule has 0 unspecified atom stereocenters. The first-order valence-corrected chi connectivity index (χ1v) is 12.0. The zero-order chi connectivity index (χ0) is 24.9. The fraction of sp³-hybridized carbons (Fsp3) is 0.385. The Morgan fingerprint density at radius 3 is 2.37 bits per heavy atom. The van der Waals surface area contributed by atoms with Crippen molar-refractivity contribution in [1.29, 1.82) is 0 Å². The topological polar surface area (TPSA) is 111 Å². The number of carbonyl (C=O) groups is 4. The van der Waals surface area contributed by atoms with Crippen molar-refractivity contribution >= 4 is 46.4 Å². The lowest BCUT2D eigenvalue weighted by molar-refractivity contribution is -0.133. The molecule has 2 aromatic rings. The molecule has 0 bridgehead atoms. The van der Waals surface area contributed by atoms with Gasteiger partial charge in [0.25, 0.3) is 0 Å². The van der Waals surface area contributed by atoms with Crippen molar-refractivity contribution in [2.75, 3.05) is 33.9 Å². The number of benzene rings is 2. The van der Waals surface area contributed by atoms with Gasteiger partial charge in [0, 0.05) is 30.9 Å². The first kappa shape index (κ1) is 24.3. The summed E-state index contributed by atoms with van der Waals surface area (Å²) in [5.74, 6) is -0.889. The number of likely N-dealkylation sites (tertiary alicyclic amines) is 1. The average molecular weight is 478 g/mol. The Kier molecular flexibility index (Phi) is 7.33. The number of rotatable bonds is 6. The molecule has 4 rings (SSSR count). The van der Waals surface area contributed by atoms with E-state index in [0.29, 0.717) is 23.6 Å². The summed E-state index contributed by atoms with van der Waals surface area (Å²) >= 11 is 0. The van der Waals surface area contributed by atoms with E-state index < -0.39 is 6.04 Å². The van der Waals surface area contributed by atoms with Crippen LogP contribution in [0.4, 0.5) is 22.7 Å². The molecule has 0 aromatic heterocycles. The molecule has 4 amide bonds. The second kappa shape index (κ2) is 10.6. The van der Waals surface area contributed by atoms with Gasteiger partial charge in [0.2, 0.25) is 23.6 Å². The minimum atomic E-state index is -0.826. The normalized spacial score (nSPS) is 19.4. The number of hydrogen-bond acceptors (Lipinski definition) is 5. The first-order valence-electron chi connectivity index (χ1n) is 12.0. The zero-order valence-corrected chi connectivity index (χ0v) is 20.0. The fourth-order valence-electron chi connectivity index (χ4n) is 4.69. The lowest BCUT2D eigenvalue weighted by atomic mass is 10.0. The number of nitrogens with one attached hydrogen (secondary N) is 3. The lowest BCUT2D eigenvalue weighted by Crippen LogP contribution is -2.54. The smallest absolute Gasteiger partial charge is 0.247 e. The molecule has 0 radical (unpaired) electrons. The molecule has 3 N–H and O–H groups in total. The van der Waals surface area contributed by atoms with Gasteiger partial charge in [-0.15, -0.1) is 0 Å². The predicted octanol–water partition coefficient (Wildman–Crippen LogP) is 3.20. The Morgan fingerprint density at radius 1 is 1.00 bits per heavy atom. The van der Waals surface area contributed by atoms with Gasteiger partial charge in [0.15, 0.2) is 0 Å². The molecule has 2 aromatic carbocycles. The molecule has 0 aliphatic carbocycles. The molecule has 0 saturated carbocycles. The van der Waals surface area contributed by atoms with Crippen LogP contribution in [0.1, 0.15) is 39.5 Å². The van der Waals surface area contributed by atoms with E-state index in [1.165, 1.54) is 6.92 Å². The molecular weight excluding hydrogens is 446 g/mol. The van der Waals surface area contributed by atoms with Gasteiger partial charge in [-0.05, 0) is 62.6 Å². The van der Waals surface area contributed by atoms with Gasteiger partial charge in [-0.3, -0.25) is 19.2 Å². The summed E-state index contributed by atoms with van der Waals surface area (Å²) < 4.78 is 0. The van der Waals surface area contributed by atoms with Crippen LogP contribution in [0.5, 0.6) is 0 Å². The number of amides is 4. The molecule has 9 nitrogen and oxygen atoms in total. The molecule has 184 valence electrons. The van der Waals surface area contributed by atoms with Crippen LogP contribution in [-0.4, -0.2) is 53.7 Å². The molecule has 0 spiro atoms. The number of para-hydroxylation sites is 2. The van der Waals surface area contributed by atoms with Crippen molar-refractivity contribution in [1.82, 2.24) is 4.90 Å². The third-order valence-electron chi connectivity index (χ3n) is 6.45. The molecular formula is C26H31N5O4. The minimum absolute atomic E-state index is 0.0259. The maximum absolute atomic E-state index is 13.2. The summed E-state index contributed by atoms with van der Waals surface area (Å²) in [5.41, 5.74) is 2.52. The highest BCUT2D eigenvalue weighted by Crippen LogP contribution is 2.33. The van der Waals surface area contributed by atoms with Crippen molar-refractivity contribution in [3.05, 3.63) is 48.5 Å². The SMILES string of the molecule is CC(=O)Nc1ccc(NC(=O)C[C@@H]2C(=O)Nc3ccccc3N2CC(=O)N2CCCC[C@@H]2C)cc1. The maximum atomic E-state index is 13.2. The molecule has 2 aliphatic heterocycles. The zero-order valence-electron chi connectivity index (χ0n) is 20.0. The van der Waals surface area contributed by atoms with Crippen molar-refractivity contribution in [2.45, 2.75) is 51.6 Å². The lowest BCUT2D eigenvalue weighted by Gasteiger charge is -2.40. The van der Waals surface area contributed by atoms with E-state index in [1.807, 2.05) is 23.1 Å². The van der Waals surface area contributed by atoms with Crippen LogP contribution in [-0.2, 0) is 19.2 Å². The molecule has 2 heterocycles. The highest BCUT2D eigenvalue weighted by molar-refractivity contribution is 6.07. The highest BCUT2D eigenvalue weighted by Gasteiger charge is 2.37. The highest BCUT2D eigenvalue weighted by atomic mass is 16.2. The van der Waals surface area contributed by atoms with Crippen molar-refractivity contribution in [3.63, 3.8) is 0 Å². The largest absolute Gasteiger partial charge is 0.348 e. The summed E-state index contributed by atoms with van der Waals surface area (Å²) in [5, 5.41) is 8.35. The fourth-order valence-corrected chi connectivity index (χ4v) is 4.69. The summed E-state index contributed by atoms with van der Waals surface area (Å²) in [6.45, 7) is 4.21. The Balaban J connectivity index is 1.50. The predicted molar refractivity (Wildman–Crippen MR) is 135 cm³/mol. The Morgan fingerprint density at radius 2 is 1.69 bits per heavy atom. The van der Waals surface area contributed by atoms with E-state index in [4.69, 9.17) is 0 Å². The van der Waals surface area contributed by atoms with Crippen LogP contribution in [0.15, 0.2) is 48.5 Å². The van der Waals surface area contributed by atoms with Gasteiger partial charge in [0.1, 0.15) is 6.04 Å². The third kappa shape index (κ3) is 5.79. The Hall–Kier alpha value is -3.88. The van der Waals surface area contributed by atoms with Crippen molar-refractivity contribution in [3.8, 4) is 0 Å². The second-order valence-corrected chi connectivity index (χ2v) is 9.09. The van der Waals surface area contributed by atoms with Crippen LogP contribution in [0.2, 0.25) is 0 Å². The molecule has 35 heavy (non-hydrogen) atoms. The van der Waals surface area contributed by atoms with Crippen molar-refractivity contribution in [2.24, 2.45) is 0 Å². The first-order chi connectivity index (χ1) is 16.8. The summed E-state index contributed by atoms with van der Waals surface area (Å²) in [6.07, 6.45) is 2.93. The van der Waals surface area contributed by atoms with Crippen LogP contribution >= 0.6 is 0 Å². The number of anilines is 4. The number of carbonyl (C=O) groups excluding carboxylic acids is 4. The van der Waals surface area contributed by atoms with E-state index in [-0.39, 0.29) is 42.6 Å². The summed E-state index contributed by atoms with van der Waals surface area (Å²) in [7, 11) is 0. The van der Waals surface area contributed by atoms with Crippen LogP contribution in [0.3, 0.4) is 0 Å². The quantitative estimate of drug-likeness (QED) is 0.592.